The van der Waals surface area contributed by atoms with E-state index in [9.17, 15) is 18.0 Å². The van der Waals surface area contributed by atoms with Gasteiger partial charge in [0.05, 0.1) is 37.8 Å². The molecule has 1 atom stereocenters. The molecule has 0 aliphatic carbocycles. The fourth-order valence-corrected chi connectivity index (χ4v) is 4.40. The highest BCUT2D eigenvalue weighted by molar-refractivity contribution is 7.91. The van der Waals surface area contributed by atoms with Gasteiger partial charge in [-0.3, -0.25) is 14.5 Å². The van der Waals surface area contributed by atoms with Gasteiger partial charge in [0.2, 0.25) is 5.91 Å². The maximum Gasteiger partial charge on any atom is 0.317 e. The number of amides is 1. The van der Waals surface area contributed by atoms with Crippen molar-refractivity contribution >= 4 is 21.7 Å². The average Bonchev–Trinajstić information content (AvgIpc) is 2.79. The molecule has 0 bridgehead atoms. The molecule has 9 heteroatoms. The summed E-state index contributed by atoms with van der Waals surface area (Å²) in [6.07, 6.45) is 0.381. The predicted octanol–water partition coefficient (Wildman–Crippen LogP) is -1.58. The lowest BCUT2D eigenvalue weighted by Crippen LogP contribution is -2.49. The summed E-state index contributed by atoms with van der Waals surface area (Å²) in [6, 6.07) is -0.393. The molecular weight excluding hydrogens is 300 g/mol. The van der Waals surface area contributed by atoms with Crippen LogP contribution in [0.15, 0.2) is 0 Å². The minimum atomic E-state index is -3.12. The third-order valence-electron chi connectivity index (χ3n) is 3.77. The molecule has 0 radical (unpaired) electrons. The van der Waals surface area contributed by atoms with Crippen molar-refractivity contribution in [2.45, 2.75) is 12.5 Å². The van der Waals surface area contributed by atoms with Crippen LogP contribution >= 0.6 is 0 Å². The SMILES string of the molecule is O=C(O)CN(CC(=O)N1CCOCC1)C1CCS(=O)(=O)C1. The summed E-state index contributed by atoms with van der Waals surface area (Å²) < 4.78 is 28.2. The van der Waals surface area contributed by atoms with E-state index in [4.69, 9.17) is 9.84 Å². The van der Waals surface area contributed by atoms with E-state index in [1.807, 2.05) is 0 Å². The van der Waals surface area contributed by atoms with Crippen LogP contribution in [-0.4, -0.2) is 92.1 Å². The van der Waals surface area contributed by atoms with E-state index < -0.39 is 21.8 Å². The zero-order valence-corrected chi connectivity index (χ0v) is 12.5. The average molecular weight is 320 g/mol. The van der Waals surface area contributed by atoms with Crippen molar-refractivity contribution in [1.29, 1.82) is 0 Å². The molecule has 0 saturated carbocycles. The number of hydrogen-bond acceptors (Lipinski definition) is 6. The first-order valence-corrected chi connectivity index (χ1v) is 8.71. The number of nitrogens with zero attached hydrogens (tertiary/aromatic N) is 2. The number of carbonyl (C=O) groups is 2. The molecule has 0 spiro atoms. The third-order valence-corrected chi connectivity index (χ3v) is 5.52. The zero-order valence-electron chi connectivity index (χ0n) is 11.7. The largest absolute Gasteiger partial charge is 0.480 e. The Bertz CT molecular complexity index is 500. The second kappa shape index (κ2) is 6.71. The van der Waals surface area contributed by atoms with E-state index in [1.54, 1.807) is 4.90 Å². The number of carboxylic acids is 1. The summed E-state index contributed by atoms with van der Waals surface area (Å²) in [5, 5.41) is 8.96. The first-order valence-electron chi connectivity index (χ1n) is 6.89. The fraction of sp³-hybridized carbons (Fsp3) is 0.833. The van der Waals surface area contributed by atoms with Gasteiger partial charge in [-0.05, 0) is 6.42 Å². The van der Waals surface area contributed by atoms with E-state index in [2.05, 4.69) is 0 Å². The number of hydrogen-bond donors (Lipinski definition) is 1. The van der Waals surface area contributed by atoms with Gasteiger partial charge in [-0.1, -0.05) is 0 Å². The standard InChI is InChI=1S/C12H20N2O6S/c15-11(13-2-4-20-5-3-13)7-14(8-12(16)17)10-1-6-21(18,19)9-10/h10H,1-9H2,(H,16,17). The lowest BCUT2D eigenvalue weighted by atomic mass is 10.2. The number of rotatable bonds is 5. The monoisotopic (exact) mass is 320 g/mol. The minimum Gasteiger partial charge on any atom is -0.480 e. The highest BCUT2D eigenvalue weighted by Crippen LogP contribution is 2.18. The van der Waals surface area contributed by atoms with Crippen molar-refractivity contribution in [1.82, 2.24) is 9.80 Å². The molecule has 2 rings (SSSR count). The second-order valence-electron chi connectivity index (χ2n) is 5.35. The normalized spacial score (nSPS) is 25.2. The van der Waals surface area contributed by atoms with Crippen LogP contribution in [0.5, 0.6) is 0 Å². The summed E-state index contributed by atoms with van der Waals surface area (Å²) in [5.41, 5.74) is 0. The van der Waals surface area contributed by atoms with Gasteiger partial charge in [-0.2, -0.15) is 0 Å². The molecule has 1 N–H and O–H groups in total. The molecule has 0 aromatic heterocycles. The van der Waals surface area contributed by atoms with Gasteiger partial charge in [-0.15, -0.1) is 0 Å². The Hall–Kier alpha value is -1.19. The van der Waals surface area contributed by atoms with Gasteiger partial charge in [0.1, 0.15) is 0 Å². The summed E-state index contributed by atoms with van der Waals surface area (Å²) in [6.45, 7) is 1.54. The van der Waals surface area contributed by atoms with Crippen LogP contribution in [0.3, 0.4) is 0 Å². The van der Waals surface area contributed by atoms with E-state index in [1.165, 1.54) is 4.90 Å². The third kappa shape index (κ3) is 4.65. The highest BCUT2D eigenvalue weighted by Gasteiger charge is 2.34. The lowest BCUT2D eigenvalue weighted by molar-refractivity contribution is -0.141. The van der Waals surface area contributed by atoms with Gasteiger partial charge in [-0.25, -0.2) is 8.42 Å². The molecule has 2 aliphatic rings. The van der Waals surface area contributed by atoms with Crippen LogP contribution < -0.4 is 0 Å². The van der Waals surface area contributed by atoms with Crippen LogP contribution in [0.1, 0.15) is 6.42 Å². The van der Waals surface area contributed by atoms with Gasteiger partial charge in [0.15, 0.2) is 9.84 Å². The molecular formula is C12H20N2O6S. The summed E-state index contributed by atoms with van der Waals surface area (Å²) in [4.78, 5) is 26.2. The van der Waals surface area contributed by atoms with Crippen LogP contribution in [0, 0.1) is 0 Å². The van der Waals surface area contributed by atoms with Crippen molar-refractivity contribution in [2.75, 3.05) is 50.9 Å². The molecule has 2 heterocycles. The lowest BCUT2D eigenvalue weighted by Gasteiger charge is -2.31. The van der Waals surface area contributed by atoms with Crippen LogP contribution in [0.2, 0.25) is 0 Å². The van der Waals surface area contributed by atoms with Crippen LogP contribution in [0.4, 0.5) is 0 Å². The Morgan fingerprint density at radius 1 is 1.24 bits per heavy atom. The smallest absolute Gasteiger partial charge is 0.317 e. The molecule has 0 aromatic rings. The maximum atomic E-state index is 12.2. The molecule has 120 valence electrons. The van der Waals surface area contributed by atoms with Crippen molar-refractivity contribution < 1.29 is 27.9 Å². The Morgan fingerprint density at radius 3 is 2.43 bits per heavy atom. The molecule has 8 nitrogen and oxygen atoms in total. The molecule has 0 aromatic carbocycles. The molecule has 1 unspecified atom stereocenters. The fourth-order valence-electron chi connectivity index (χ4n) is 2.64. The first kappa shape index (κ1) is 16.2. The Morgan fingerprint density at radius 2 is 1.90 bits per heavy atom. The Labute approximate surface area is 123 Å². The van der Waals surface area contributed by atoms with Crippen LogP contribution in [0.25, 0.3) is 0 Å². The van der Waals surface area contributed by atoms with Gasteiger partial charge < -0.3 is 14.7 Å². The summed E-state index contributed by atoms with van der Waals surface area (Å²) in [5.74, 6) is -1.26. The molecule has 2 saturated heterocycles. The zero-order chi connectivity index (χ0) is 15.5. The number of aliphatic carboxylic acids is 1. The number of sulfone groups is 1. The topological polar surface area (TPSA) is 104 Å². The first-order chi connectivity index (χ1) is 9.87. The van der Waals surface area contributed by atoms with E-state index >= 15 is 0 Å². The van der Waals surface area contributed by atoms with Crippen molar-refractivity contribution in [2.24, 2.45) is 0 Å². The predicted molar refractivity (Wildman–Crippen MR) is 73.7 cm³/mol. The number of carbonyl (C=O) groups excluding carboxylic acids is 1. The van der Waals surface area contributed by atoms with E-state index in [0.29, 0.717) is 32.7 Å². The van der Waals surface area contributed by atoms with Crippen LogP contribution in [-0.2, 0) is 24.2 Å². The van der Waals surface area contributed by atoms with Gasteiger partial charge >= 0.3 is 5.97 Å². The Kier molecular flexibility index (Phi) is 5.17. The van der Waals surface area contributed by atoms with Crippen molar-refractivity contribution in [3.63, 3.8) is 0 Å². The van der Waals surface area contributed by atoms with Gasteiger partial charge in [0, 0.05) is 19.1 Å². The number of morpholine rings is 1. The quantitative estimate of drug-likeness (QED) is 0.652. The molecule has 21 heavy (non-hydrogen) atoms. The summed E-state index contributed by atoms with van der Waals surface area (Å²) >= 11 is 0. The minimum absolute atomic E-state index is 0.0551. The van der Waals surface area contributed by atoms with Crippen molar-refractivity contribution in [3.8, 4) is 0 Å². The molecule has 1 amide bonds. The number of carboxylic acid groups (broad SMARTS) is 1. The number of ether oxygens (including phenoxy) is 1. The van der Waals surface area contributed by atoms with E-state index in [0.717, 1.165) is 0 Å². The van der Waals surface area contributed by atoms with Gasteiger partial charge in [0.25, 0.3) is 0 Å². The maximum absolute atomic E-state index is 12.2. The van der Waals surface area contributed by atoms with E-state index in [-0.39, 0.29) is 30.5 Å². The molecule has 2 aliphatic heterocycles. The van der Waals surface area contributed by atoms with Crippen molar-refractivity contribution in [3.05, 3.63) is 0 Å². The second-order valence-corrected chi connectivity index (χ2v) is 7.58. The Balaban J connectivity index is 1.99. The molecule has 2 fully saturated rings. The highest BCUT2D eigenvalue weighted by atomic mass is 32.2. The summed E-state index contributed by atoms with van der Waals surface area (Å²) in [7, 11) is -3.12.